The van der Waals surface area contributed by atoms with Gasteiger partial charge in [-0.3, -0.25) is 4.98 Å². The second-order valence-corrected chi connectivity index (χ2v) is 3.59. The number of thioether (sulfide) groups is 1. The van der Waals surface area contributed by atoms with Gasteiger partial charge in [-0.1, -0.05) is 0 Å². The van der Waals surface area contributed by atoms with Gasteiger partial charge < -0.3 is 4.74 Å². The number of aromatic nitrogens is 1. The van der Waals surface area contributed by atoms with Crippen LogP contribution in [0.4, 0.5) is 13.2 Å². The van der Waals surface area contributed by atoms with E-state index in [1.807, 2.05) is 0 Å². The largest absolute Gasteiger partial charge is 0.465 e. The Morgan fingerprint density at radius 2 is 2.13 bits per heavy atom. The van der Waals surface area contributed by atoms with Crippen LogP contribution in [0.3, 0.4) is 0 Å². The smallest absolute Gasteiger partial charge is 0.446 e. The van der Waals surface area contributed by atoms with Crippen molar-refractivity contribution in [2.45, 2.75) is 10.4 Å². The van der Waals surface area contributed by atoms with Crippen LogP contribution in [0.15, 0.2) is 23.4 Å². The van der Waals surface area contributed by atoms with Crippen molar-refractivity contribution in [2.24, 2.45) is 0 Å². The third-order valence-corrected chi connectivity index (χ3v) is 2.06. The molecule has 0 spiro atoms. The molecule has 0 bridgehead atoms. The minimum Gasteiger partial charge on any atom is -0.465 e. The van der Waals surface area contributed by atoms with Crippen LogP contribution in [0.5, 0.6) is 0 Å². The molecule has 1 rings (SSSR count). The molecule has 0 aliphatic rings. The van der Waals surface area contributed by atoms with E-state index in [4.69, 9.17) is 0 Å². The molecule has 82 valence electrons. The van der Waals surface area contributed by atoms with E-state index in [1.54, 1.807) is 0 Å². The Morgan fingerprint density at radius 3 is 2.67 bits per heavy atom. The van der Waals surface area contributed by atoms with Gasteiger partial charge in [-0.05, 0) is 17.8 Å². The van der Waals surface area contributed by atoms with Gasteiger partial charge in [-0.2, -0.15) is 13.2 Å². The van der Waals surface area contributed by atoms with Crippen LogP contribution in [0.25, 0.3) is 0 Å². The maximum atomic E-state index is 12.0. The van der Waals surface area contributed by atoms with Crippen LogP contribution >= 0.6 is 11.8 Å². The molecule has 0 atom stereocenters. The molecule has 0 aromatic carbocycles. The minimum absolute atomic E-state index is 0.00764. The first-order valence-electron chi connectivity index (χ1n) is 3.71. The van der Waals surface area contributed by atoms with Gasteiger partial charge in [0.15, 0.2) is 0 Å². The second-order valence-electron chi connectivity index (χ2n) is 2.45. The van der Waals surface area contributed by atoms with E-state index in [0.29, 0.717) is 0 Å². The standard InChI is InChI=1S/C8H6F3NO2S/c1-14-7(13)5-2-6(4-12-3-5)15-8(9,10)11/h2-4H,1H3. The van der Waals surface area contributed by atoms with Gasteiger partial charge in [0.1, 0.15) is 0 Å². The van der Waals surface area contributed by atoms with Gasteiger partial charge >= 0.3 is 11.5 Å². The summed E-state index contributed by atoms with van der Waals surface area (Å²) in [6.45, 7) is 0. The molecule has 0 amide bonds. The summed E-state index contributed by atoms with van der Waals surface area (Å²) >= 11 is -0.327. The predicted octanol–water partition coefficient (Wildman–Crippen LogP) is 2.48. The lowest BCUT2D eigenvalue weighted by atomic mass is 10.3. The van der Waals surface area contributed by atoms with Gasteiger partial charge in [0, 0.05) is 17.3 Å². The Labute approximate surface area is 87.6 Å². The highest BCUT2D eigenvalue weighted by Gasteiger charge is 2.29. The van der Waals surface area contributed by atoms with Crippen molar-refractivity contribution in [1.29, 1.82) is 0 Å². The fraction of sp³-hybridized carbons (Fsp3) is 0.250. The highest BCUT2D eigenvalue weighted by atomic mass is 32.2. The van der Waals surface area contributed by atoms with Gasteiger partial charge in [0.2, 0.25) is 0 Å². The van der Waals surface area contributed by atoms with Crippen molar-refractivity contribution in [3.8, 4) is 0 Å². The lowest BCUT2D eigenvalue weighted by molar-refractivity contribution is -0.0328. The zero-order chi connectivity index (χ0) is 11.5. The number of ether oxygens (including phenoxy) is 1. The van der Waals surface area contributed by atoms with Crippen molar-refractivity contribution in [1.82, 2.24) is 4.98 Å². The zero-order valence-corrected chi connectivity index (χ0v) is 8.35. The molecule has 1 aromatic rings. The molecule has 1 heterocycles. The van der Waals surface area contributed by atoms with E-state index in [2.05, 4.69) is 9.72 Å². The van der Waals surface area contributed by atoms with Crippen LogP contribution in [-0.2, 0) is 4.74 Å². The van der Waals surface area contributed by atoms with Gasteiger partial charge in [-0.15, -0.1) is 0 Å². The van der Waals surface area contributed by atoms with Crippen molar-refractivity contribution in [3.63, 3.8) is 0 Å². The Hall–Kier alpha value is -1.24. The highest BCUT2D eigenvalue weighted by Crippen LogP contribution is 2.36. The molecule has 0 N–H and O–H groups in total. The Morgan fingerprint density at radius 1 is 1.47 bits per heavy atom. The summed E-state index contributed by atoms with van der Waals surface area (Å²) in [5.41, 5.74) is -4.40. The first-order valence-corrected chi connectivity index (χ1v) is 4.53. The monoisotopic (exact) mass is 237 g/mol. The van der Waals surface area contributed by atoms with E-state index in [0.717, 1.165) is 25.6 Å². The van der Waals surface area contributed by atoms with Crippen LogP contribution < -0.4 is 0 Å². The first-order chi connectivity index (χ1) is 6.92. The third-order valence-electron chi connectivity index (χ3n) is 1.37. The van der Waals surface area contributed by atoms with Crippen LogP contribution in [0.2, 0.25) is 0 Å². The summed E-state index contributed by atoms with van der Waals surface area (Å²) in [6.07, 6.45) is 2.18. The van der Waals surface area contributed by atoms with Crippen molar-refractivity contribution < 1.29 is 22.7 Å². The zero-order valence-electron chi connectivity index (χ0n) is 7.54. The number of alkyl halides is 3. The summed E-state index contributed by atoms with van der Waals surface area (Å²) in [5.74, 6) is -0.716. The summed E-state index contributed by atoms with van der Waals surface area (Å²) in [6, 6.07) is 1.08. The molecule has 0 unspecified atom stereocenters. The number of rotatable bonds is 2. The molecule has 0 fully saturated rings. The average molecular weight is 237 g/mol. The lowest BCUT2D eigenvalue weighted by Crippen LogP contribution is -2.03. The molecule has 3 nitrogen and oxygen atoms in total. The fourth-order valence-electron chi connectivity index (χ4n) is 0.838. The van der Waals surface area contributed by atoms with E-state index in [9.17, 15) is 18.0 Å². The average Bonchev–Trinajstić information content (AvgIpc) is 2.14. The maximum absolute atomic E-state index is 12.0. The number of carbonyl (C=O) groups is 1. The molecule has 15 heavy (non-hydrogen) atoms. The SMILES string of the molecule is COC(=O)c1cncc(SC(F)(F)F)c1. The first kappa shape index (κ1) is 11.8. The highest BCUT2D eigenvalue weighted by molar-refractivity contribution is 8.00. The van der Waals surface area contributed by atoms with E-state index >= 15 is 0 Å². The number of hydrogen-bond donors (Lipinski definition) is 0. The quantitative estimate of drug-likeness (QED) is 0.585. The fourth-order valence-corrected chi connectivity index (χ4v) is 1.40. The van der Waals surface area contributed by atoms with Gasteiger partial charge in [0.05, 0.1) is 12.7 Å². The number of halogens is 3. The lowest BCUT2D eigenvalue weighted by Gasteiger charge is -2.05. The minimum atomic E-state index is -4.39. The number of nitrogens with zero attached hydrogens (tertiary/aromatic N) is 1. The molecular formula is C8H6F3NO2S. The second kappa shape index (κ2) is 4.52. The predicted molar refractivity (Wildman–Crippen MR) is 47.5 cm³/mol. The van der Waals surface area contributed by atoms with E-state index in [1.165, 1.54) is 0 Å². The normalized spacial score (nSPS) is 11.2. The number of esters is 1. The molecular weight excluding hydrogens is 231 g/mol. The Bertz CT molecular complexity index is 367. The Kier molecular flexibility index (Phi) is 3.57. The van der Waals surface area contributed by atoms with E-state index in [-0.39, 0.29) is 22.2 Å². The summed E-state index contributed by atoms with van der Waals surface area (Å²) in [7, 11) is 1.14. The van der Waals surface area contributed by atoms with Crippen LogP contribution in [0.1, 0.15) is 10.4 Å². The molecule has 7 heteroatoms. The molecule has 0 aliphatic heterocycles. The topological polar surface area (TPSA) is 39.2 Å². The number of methoxy groups -OCH3 is 1. The van der Waals surface area contributed by atoms with Crippen molar-refractivity contribution >= 4 is 17.7 Å². The number of hydrogen-bond acceptors (Lipinski definition) is 4. The van der Waals surface area contributed by atoms with Crippen LogP contribution in [-0.4, -0.2) is 23.6 Å². The molecule has 1 aromatic heterocycles. The van der Waals surface area contributed by atoms with Gasteiger partial charge in [0.25, 0.3) is 0 Å². The summed E-state index contributed by atoms with van der Waals surface area (Å²) in [4.78, 5) is 14.3. The molecule has 0 saturated carbocycles. The van der Waals surface area contributed by atoms with Crippen molar-refractivity contribution in [2.75, 3.05) is 7.11 Å². The third kappa shape index (κ3) is 3.78. The molecule has 0 aliphatic carbocycles. The van der Waals surface area contributed by atoms with Crippen molar-refractivity contribution in [3.05, 3.63) is 24.0 Å². The number of carbonyl (C=O) groups excluding carboxylic acids is 1. The van der Waals surface area contributed by atoms with Crippen LogP contribution in [0, 0.1) is 0 Å². The van der Waals surface area contributed by atoms with E-state index < -0.39 is 11.5 Å². The summed E-state index contributed by atoms with van der Waals surface area (Å²) < 4.78 is 40.3. The Balaban J connectivity index is 2.88. The molecule has 0 saturated heterocycles. The van der Waals surface area contributed by atoms with Gasteiger partial charge in [-0.25, -0.2) is 4.79 Å². The molecule has 0 radical (unpaired) electrons. The summed E-state index contributed by atoms with van der Waals surface area (Å²) in [5, 5.41) is 0. The number of pyridine rings is 1. The maximum Gasteiger partial charge on any atom is 0.446 e.